The van der Waals surface area contributed by atoms with Crippen LogP contribution in [0.15, 0.2) is 18.2 Å². The molecule has 0 saturated carbocycles. The molecule has 1 aromatic carbocycles. The summed E-state index contributed by atoms with van der Waals surface area (Å²) < 4.78 is 13.3. The molecule has 100 valence electrons. The van der Waals surface area contributed by atoms with Gasteiger partial charge >= 0.3 is 0 Å². The van der Waals surface area contributed by atoms with Crippen molar-refractivity contribution < 1.29 is 9.50 Å². The number of halogens is 1. The highest BCUT2D eigenvalue weighted by molar-refractivity contribution is 5.35. The van der Waals surface area contributed by atoms with Crippen LogP contribution in [0.4, 0.5) is 4.39 Å². The van der Waals surface area contributed by atoms with Gasteiger partial charge in [0.1, 0.15) is 11.6 Å². The van der Waals surface area contributed by atoms with Crippen LogP contribution in [0.25, 0.3) is 0 Å². The Morgan fingerprint density at radius 1 is 1.50 bits per heavy atom. The molecule has 2 unspecified atom stereocenters. The van der Waals surface area contributed by atoms with Gasteiger partial charge in [-0.3, -0.25) is 4.90 Å². The number of benzene rings is 1. The lowest BCUT2D eigenvalue weighted by Crippen LogP contribution is -2.45. The second-order valence-electron chi connectivity index (χ2n) is 5.00. The molecule has 4 heteroatoms. The van der Waals surface area contributed by atoms with Crippen LogP contribution in [0.1, 0.15) is 37.8 Å². The average Bonchev–Trinajstić information content (AvgIpc) is 2.40. The van der Waals surface area contributed by atoms with Crippen molar-refractivity contribution in [3.63, 3.8) is 0 Å². The first-order valence-electron chi connectivity index (χ1n) is 6.57. The van der Waals surface area contributed by atoms with Crippen LogP contribution in [0.2, 0.25) is 0 Å². The standard InChI is InChI=1S/C14H21FN2O/c1-10(13-8-11(15)5-6-14(13)18)17-7-3-2-4-12(17)9-16/h5-6,8,10,12,18H,2-4,7,9,16H2,1H3. The smallest absolute Gasteiger partial charge is 0.123 e. The summed E-state index contributed by atoms with van der Waals surface area (Å²) in [4.78, 5) is 2.28. The van der Waals surface area contributed by atoms with E-state index >= 15 is 0 Å². The predicted molar refractivity (Wildman–Crippen MR) is 69.9 cm³/mol. The van der Waals surface area contributed by atoms with Crippen molar-refractivity contribution in [2.75, 3.05) is 13.1 Å². The molecule has 2 rings (SSSR count). The summed E-state index contributed by atoms with van der Waals surface area (Å²) in [5.74, 6) is -0.152. The predicted octanol–water partition coefficient (Wildman–Crippen LogP) is 2.41. The minimum Gasteiger partial charge on any atom is -0.508 e. The Kier molecular flexibility index (Phi) is 4.19. The zero-order valence-corrected chi connectivity index (χ0v) is 10.8. The molecule has 2 atom stereocenters. The van der Waals surface area contributed by atoms with E-state index in [0.29, 0.717) is 18.2 Å². The van der Waals surface area contributed by atoms with Crippen LogP contribution in [0.5, 0.6) is 5.75 Å². The largest absolute Gasteiger partial charge is 0.508 e. The molecular formula is C14H21FN2O. The number of hydrogen-bond acceptors (Lipinski definition) is 3. The van der Waals surface area contributed by atoms with Crippen molar-refractivity contribution in [2.24, 2.45) is 5.73 Å². The van der Waals surface area contributed by atoms with E-state index in [1.54, 1.807) is 0 Å². The summed E-state index contributed by atoms with van der Waals surface area (Å²) in [6, 6.07) is 4.44. The molecule has 0 bridgehead atoms. The maximum Gasteiger partial charge on any atom is 0.123 e. The first kappa shape index (κ1) is 13.3. The highest BCUT2D eigenvalue weighted by Crippen LogP contribution is 2.32. The van der Waals surface area contributed by atoms with Gasteiger partial charge in [0.25, 0.3) is 0 Å². The minimum absolute atomic E-state index is 0.00505. The summed E-state index contributed by atoms with van der Waals surface area (Å²) in [5, 5.41) is 9.87. The Morgan fingerprint density at radius 2 is 2.28 bits per heavy atom. The number of phenolic OH excluding ortho intramolecular Hbond substituents is 1. The van der Waals surface area contributed by atoms with Gasteiger partial charge in [-0.2, -0.15) is 0 Å². The Morgan fingerprint density at radius 3 is 3.00 bits per heavy atom. The Labute approximate surface area is 107 Å². The van der Waals surface area contributed by atoms with Crippen molar-refractivity contribution in [3.05, 3.63) is 29.6 Å². The van der Waals surface area contributed by atoms with Crippen molar-refractivity contribution in [1.82, 2.24) is 4.90 Å². The second-order valence-corrected chi connectivity index (χ2v) is 5.00. The zero-order valence-electron chi connectivity index (χ0n) is 10.8. The highest BCUT2D eigenvalue weighted by atomic mass is 19.1. The fraction of sp³-hybridized carbons (Fsp3) is 0.571. The lowest BCUT2D eigenvalue weighted by molar-refractivity contribution is 0.106. The Hall–Kier alpha value is -1.13. The number of nitrogens with two attached hydrogens (primary N) is 1. The molecule has 0 spiro atoms. The molecule has 0 amide bonds. The number of piperidine rings is 1. The summed E-state index contributed by atoms with van der Waals surface area (Å²) in [7, 11) is 0. The van der Waals surface area contributed by atoms with Crippen LogP contribution in [-0.2, 0) is 0 Å². The van der Waals surface area contributed by atoms with Gasteiger partial charge in [-0.05, 0) is 44.5 Å². The molecule has 0 aromatic heterocycles. The van der Waals surface area contributed by atoms with Crippen LogP contribution < -0.4 is 5.73 Å². The van der Waals surface area contributed by atoms with Gasteiger partial charge in [0, 0.05) is 24.2 Å². The van der Waals surface area contributed by atoms with Crippen LogP contribution in [-0.4, -0.2) is 29.1 Å². The molecule has 1 aliphatic heterocycles. The fourth-order valence-electron chi connectivity index (χ4n) is 2.82. The van der Waals surface area contributed by atoms with E-state index in [9.17, 15) is 9.50 Å². The highest BCUT2D eigenvalue weighted by Gasteiger charge is 2.27. The van der Waals surface area contributed by atoms with Crippen molar-refractivity contribution in [2.45, 2.75) is 38.3 Å². The van der Waals surface area contributed by atoms with E-state index in [1.165, 1.54) is 24.6 Å². The van der Waals surface area contributed by atoms with Gasteiger partial charge < -0.3 is 10.8 Å². The van der Waals surface area contributed by atoms with Crippen molar-refractivity contribution >= 4 is 0 Å². The molecule has 0 aliphatic carbocycles. The van der Waals surface area contributed by atoms with E-state index < -0.39 is 0 Å². The molecule has 3 nitrogen and oxygen atoms in total. The SMILES string of the molecule is CC(c1cc(F)ccc1O)N1CCCCC1CN. The van der Waals surface area contributed by atoms with Crippen LogP contribution >= 0.6 is 0 Å². The van der Waals surface area contributed by atoms with E-state index in [-0.39, 0.29) is 17.6 Å². The number of nitrogens with zero attached hydrogens (tertiary/aromatic N) is 1. The number of rotatable bonds is 3. The number of hydrogen-bond donors (Lipinski definition) is 2. The maximum atomic E-state index is 13.3. The van der Waals surface area contributed by atoms with E-state index in [0.717, 1.165) is 19.4 Å². The van der Waals surface area contributed by atoms with E-state index in [4.69, 9.17) is 5.73 Å². The molecule has 1 saturated heterocycles. The summed E-state index contributed by atoms with van der Waals surface area (Å²) in [6.45, 7) is 3.57. The number of phenols is 1. The maximum absolute atomic E-state index is 13.3. The molecule has 3 N–H and O–H groups in total. The lowest BCUT2D eigenvalue weighted by Gasteiger charge is -2.39. The molecule has 1 aliphatic rings. The quantitative estimate of drug-likeness (QED) is 0.868. The molecular weight excluding hydrogens is 231 g/mol. The van der Waals surface area contributed by atoms with Gasteiger partial charge in [-0.15, -0.1) is 0 Å². The Bertz CT molecular complexity index is 411. The molecule has 1 heterocycles. The van der Waals surface area contributed by atoms with Crippen molar-refractivity contribution in [3.8, 4) is 5.75 Å². The third kappa shape index (κ3) is 2.65. The second kappa shape index (κ2) is 5.67. The Balaban J connectivity index is 2.23. The minimum atomic E-state index is -0.309. The lowest BCUT2D eigenvalue weighted by atomic mass is 9.96. The third-order valence-electron chi connectivity index (χ3n) is 3.88. The summed E-state index contributed by atoms with van der Waals surface area (Å²) in [6.07, 6.45) is 3.41. The molecule has 0 radical (unpaired) electrons. The van der Waals surface area contributed by atoms with Gasteiger partial charge in [0.2, 0.25) is 0 Å². The average molecular weight is 252 g/mol. The first-order chi connectivity index (χ1) is 8.63. The van der Waals surface area contributed by atoms with Gasteiger partial charge in [0.15, 0.2) is 0 Å². The number of aromatic hydroxyl groups is 1. The van der Waals surface area contributed by atoms with Gasteiger partial charge in [0.05, 0.1) is 0 Å². The van der Waals surface area contributed by atoms with Crippen LogP contribution in [0.3, 0.4) is 0 Å². The summed E-state index contributed by atoms with van der Waals surface area (Å²) >= 11 is 0. The van der Waals surface area contributed by atoms with Crippen molar-refractivity contribution in [1.29, 1.82) is 0 Å². The van der Waals surface area contributed by atoms with E-state index in [1.807, 2.05) is 6.92 Å². The molecule has 1 fully saturated rings. The van der Waals surface area contributed by atoms with Gasteiger partial charge in [-0.1, -0.05) is 6.42 Å². The number of likely N-dealkylation sites (tertiary alicyclic amines) is 1. The van der Waals surface area contributed by atoms with E-state index in [2.05, 4.69) is 4.90 Å². The monoisotopic (exact) mass is 252 g/mol. The molecule has 18 heavy (non-hydrogen) atoms. The summed E-state index contributed by atoms with van der Waals surface area (Å²) in [5.41, 5.74) is 6.45. The topological polar surface area (TPSA) is 49.5 Å². The normalized spacial score (nSPS) is 22.9. The van der Waals surface area contributed by atoms with Crippen LogP contribution in [0, 0.1) is 5.82 Å². The zero-order chi connectivity index (χ0) is 13.1. The first-order valence-corrected chi connectivity index (χ1v) is 6.57. The molecule has 1 aromatic rings. The van der Waals surface area contributed by atoms with Gasteiger partial charge in [-0.25, -0.2) is 4.39 Å². The third-order valence-corrected chi connectivity index (χ3v) is 3.88. The fourth-order valence-corrected chi connectivity index (χ4v) is 2.82.